The van der Waals surface area contributed by atoms with E-state index in [2.05, 4.69) is 102 Å². The summed E-state index contributed by atoms with van der Waals surface area (Å²) in [5.41, 5.74) is 9.45. The van der Waals surface area contributed by atoms with Crippen molar-refractivity contribution in [3.05, 3.63) is 146 Å². The summed E-state index contributed by atoms with van der Waals surface area (Å²) in [6.45, 7) is 6.08. The highest BCUT2D eigenvalue weighted by molar-refractivity contribution is 7.26. The van der Waals surface area contributed by atoms with Gasteiger partial charge in [-0.15, -0.1) is 11.3 Å². The Kier molecular flexibility index (Phi) is 6.51. The molecule has 6 aromatic rings. The van der Waals surface area contributed by atoms with Gasteiger partial charge in [0.05, 0.1) is 0 Å². The normalized spacial score (nSPS) is 12.2. The lowest BCUT2D eigenvalue weighted by Gasteiger charge is -2.11. The Bertz CT molecular complexity index is 1830. The van der Waals surface area contributed by atoms with Gasteiger partial charge in [0.1, 0.15) is 0 Å². The van der Waals surface area contributed by atoms with Gasteiger partial charge >= 0.3 is 0 Å². The molecule has 0 fully saturated rings. The van der Waals surface area contributed by atoms with Crippen LogP contribution in [0.4, 0.5) is 0 Å². The second-order valence-electron chi connectivity index (χ2n) is 9.13. The van der Waals surface area contributed by atoms with Crippen LogP contribution in [0, 0.1) is 0 Å². The van der Waals surface area contributed by atoms with Crippen molar-refractivity contribution in [2.75, 3.05) is 0 Å². The van der Waals surface area contributed by atoms with Gasteiger partial charge in [-0.1, -0.05) is 97.6 Å². The van der Waals surface area contributed by atoms with E-state index in [1.54, 1.807) is 0 Å². The molecule has 3 aromatic carbocycles. The molecule has 0 unspecified atom stereocenters. The third-order valence-electron chi connectivity index (χ3n) is 6.90. The van der Waals surface area contributed by atoms with E-state index in [9.17, 15) is 0 Å². The first-order valence-corrected chi connectivity index (χ1v) is 13.4. The van der Waals surface area contributed by atoms with Gasteiger partial charge in [-0.25, -0.2) is 0 Å². The lowest BCUT2D eigenvalue weighted by Crippen LogP contribution is -1.89. The minimum Gasteiger partial charge on any atom is -0.264 e. The molecule has 0 aliphatic carbocycles. The van der Waals surface area contributed by atoms with Gasteiger partial charge in [0, 0.05) is 56.1 Å². The van der Waals surface area contributed by atoms with Crippen LogP contribution in [0.2, 0.25) is 0 Å². The van der Waals surface area contributed by atoms with Crippen LogP contribution in [0.25, 0.3) is 53.6 Å². The molecule has 0 spiro atoms. The van der Waals surface area contributed by atoms with Gasteiger partial charge in [0.2, 0.25) is 0 Å². The molecule has 3 aromatic heterocycles. The minimum atomic E-state index is 1.11. The van der Waals surface area contributed by atoms with Gasteiger partial charge in [-0.2, -0.15) is 0 Å². The van der Waals surface area contributed by atoms with Crippen LogP contribution in [0.5, 0.6) is 0 Å². The summed E-state index contributed by atoms with van der Waals surface area (Å²) in [4.78, 5) is 8.73. The summed E-state index contributed by atoms with van der Waals surface area (Å²) in [7, 11) is 0. The van der Waals surface area contributed by atoms with E-state index in [0.29, 0.717) is 0 Å². The standard InChI is InChI=1S/C35H26N2S/c1-3-4-13-27(24(2)25-11-9-20-36-22-25)30-16-7-18-32-33-19-8-17-31(35(33)38-34(30)32)29-15-6-5-14-28(29)26-12-10-21-37-23-26/h3-23H,1H2,2H3/b13-4-,27-24-. The lowest BCUT2D eigenvalue weighted by atomic mass is 9.93. The third-order valence-corrected chi connectivity index (χ3v) is 8.19. The number of rotatable bonds is 6. The average Bonchev–Trinajstić information content (AvgIpc) is 3.38. The lowest BCUT2D eigenvalue weighted by molar-refractivity contribution is 1.30. The summed E-state index contributed by atoms with van der Waals surface area (Å²) < 4.78 is 2.57. The average molecular weight is 507 g/mol. The monoisotopic (exact) mass is 506 g/mol. The highest BCUT2D eigenvalue weighted by Crippen LogP contribution is 2.45. The molecule has 0 amide bonds. The zero-order valence-corrected chi connectivity index (χ0v) is 22.0. The van der Waals surface area contributed by atoms with Crippen molar-refractivity contribution in [2.45, 2.75) is 6.92 Å². The predicted molar refractivity (Wildman–Crippen MR) is 164 cm³/mol. The summed E-state index contributed by atoms with van der Waals surface area (Å²) >= 11 is 1.86. The fourth-order valence-electron chi connectivity index (χ4n) is 5.06. The number of benzene rings is 3. The van der Waals surface area contributed by atoms with E-state index < -0.39 is 0 Å². The topological polar surface area (TPSA) is 25.8 Å². The predicted octanol–water partition coefficient (Wildman–Crippen LogP) is 9.85. The Labute approximate surface area is 227 Å². The Hall–Kier alpha value is -4.60. The molecule has 0 aliphatic rings. The molecule has 0 aliphatic heterocycles. The van der Waals surface area contributed by atoms with E-state index in [4.69, 9.17) is 0 Å². The zero-order chi connectivity index (χ0) is 25.9. The number of fused-ring (bicyclic) bond motifs is 3. The molecule has 182 valence electrons. The second kappa shape index (κ2) is 10.4. The Morgan fingerprint density at radius 1 is 0.711 bits per heavy atom. The van der Waals surface area contributed by atoms with Crippen LogP contribution in [-0.2, 0) is 0 Å². The van der Waals surface area contributed by atoms with Crippen LogP contribution >= 0.6 is 11.3 Å². The van der Waals surface area contributed by atoms with Crippen LogP contribution in [0.3, 0.4) is 0 Å². The SMILES string of the molecule is C=C/C=C\C(=C(/C)c1cccnc1)c1cccc2c1sc1c(-c3ccccc3-c3cccnc3)cccc12. The van der Waals surface area contributed by atoms with E-state index in [1.165, 1.54) is 53.6 Å². The molecule has 0 radical (unpaired) electrons. The van der Waals surface area contributed by atoms with Crippen molar-refractivity contribution >= 4 is 42.7 Å². The van der Waals surface area contributed by atoms with Crippen molar-refractivity contribution < 1.29 is 0 Å². The van der Waals surface area contributed by atoms with E-state index in [0.717, 1.165) is 11.1 Å². The van der Waals surface area contributed by atoms with Gasteiger partial charge in [-0.05, 0) is 52.5 Å². The Morgan fingerprint density at radius 3 is 2.16 bits per heavy atom. The molecule has 3 heterocycles. The van der Waals surface area contributed by atoms with Crippen molar-refractivity contribution in [1.82, 2.24) is 9.97 Å². The van der Waals surface area contributed by atoms with Crippen LogP contribution in [0.15, 0.2) is 135 Å². The number of thiophene rings is 1. The molecule has 0 atom stereocenters. The number of nitrogens with zero attached hydrogens (tertiary/aromatic N) is 2. The van der Waals surface area contributed by atoms with E-state index in [-0.39, 0.29) is 0 Å². The summed E-state index contributed by atoms with van der Waals surface area (Å²) in [5, 5.41) is 2.54. The first kappa shape index (κ1) is 23.8. The van der Waals surface area contributed by atoms with Crippen LogP contribution in [-0.4, -0.2) is 9.97 Å². The molecule has 3 heteroatoms. The number of hydrogen-bond acceptors (Lipinski definition) is 3. The zero-order valence-electron chi connectivity index (χ0n) is 21.1. The van der Waals surface area contributed by atoms with Gasteiger partial charge in [0.15, 0.2) is 0 Å². The van der Waals surface area contributed by atoms with Gasteiger partial charge < -0.3 is 0 Å². The molecule has 0 N–H and O–H groups in total. The molecular formula is C35H26N2S. The Morgan fingerprint density at radius 2 is 1.42 bits per heavy atom. The molecule has 2 nitrogen and oxygen atoms in total. The molecule has 0 bridgehead atoms. The first-order chi connectivity index (χ1) is 18.8. The quantitative estimate of drug-likeness (QED) is 0.210. The molecule has 0 saturated carbocycles. The Balaban J connectivity index is 1.62. The van der Waals surface area contributed by atoms with Gasteiger partial charge in [0.25, 0.3) is 0 Å². The number of allylic oxidation sites excluding steroid dienone is 5. The number of aromatic nitrogens is 2. The fraction of sp³-hybridized carbons (Fsp3) is 0.0286. The van der Waals surface area contributed by atoms with Crippen LogP contribution < -0.4 is 0 Å². The minimum absolute atomic E-state index is 1.11. The molecule has 0 saturated heterocycles. The van der Waals surface area contributed by atoms with Crippen molar-refractivity contribution in [3.8, 4) is 22.3 Å². The highest BCUT2D eigenvalue weighted by Gasteiger charge is 2.17. The largest absolute Gasteiger partial charge is 0.264 e. The van der Waals surface area contributed by atoms with Gasteiger partial charge in [-0.3, -0.25) is 9.97 Å². The maximum absolute atomic E-state index is 4.37. The van der Waals surface area contributed by atoms with Crippen LogP contribution in [0.1, 0.15) is 18.1 Å². The molecular weight excluding hydrogens is 480 g/mol. The van der Waals surface area contributed by atoms with E-state index in [1.807, 2.05) is 60.4 Å². The summed E-state index contributed by atoms with van der Waals surface area (Å²) in [5.74, 6) is 0. The highest BCUT2D eigenvalue weighted by atomic mass is 32.1. The summed E-state index contributed by atoms with van der Waals surface area (Å²) in [6.07, 6.45) is 13.5. The number of hydrogen-bond donors (Lipinski definition) is 0. The maximum Gasteiger partial charge on any atom is 0.0434 e. The first-order valence-electron chi connectivity index (χ1n) is 12.6. The summed E-state index contributed by atoms with van der Waals surface area (Å²) in [6, 6.07) is 30.1. The maximum atomic E-state index is 4.37. The molecule has 38 heavy (non-hydrogen) atoms. The van der Waals surface area contributed by atoms with E-state index >= 15 is 0 Å². The van der Waals surface area contributed by atoms with Crippen molar-refractivity contribution in [3.63, 3.8) is 0 Å². The number of pyridine rings is 2. The second-order valence-corrected chi connectivity index (χ2v) is 10.1. The van der Waals surface area contributed by atoms with Crippen molar-refractivity contribution in [1.29, 1.82) is 0 Å². The smallest absolute Gasteiger partial charge is 0.0434 e. The third kappa shape index (κ3) is 4.27. The molecule has 6 rings (SSSR count). The fourth-order valence-corrected chi connectivity index (χ4v) is 6.41. The van der Waals surface area contributed by atoms with Crippen molar-refractivity contribution in [2.24, 2.45) is 0 Å².